The standard InChI is InChI=1S/C8H17NO2/c1-4-11-8(10)7(9)5-6(2)3/h6-7H,4-5,9H2,1-3H3/p+1/t7-/m0/s1. The predicted octanol–water partition coefficient (Wildman–Crippen LogP) is 0.206. The first kappa shape index (κ1) is 10.4. The van der Waals surface area contributed by atoms with Crippen LogP contribution < -0.4 is 5.73 Å². The van der Waals surface area contributed by atoms with Gasteiger partial charge in [0.2, 0.25) is 0 Å². The van der Waals surface area contributed by atoms with E-state index in [4.69, 9.17) is 4.74 Å². The van der Waals surface area contributed by atoms with Crippen LogP contribution in [-0.2, 0) is 9.53 Å². The van der Waals surface area contributed by atoms with Crippen molar-refractivity contribution in [3.63, 3.8) is 0 Å². The molecule has 0 aliphatic rings. The molecule has 0 aliphatic heterocycles. The van der Waals surface area contributed by atoms with E-state index in [0.29, 0.717) is 12.5 Å². The molecule has 0 bridgehead atoms. The van der Waals surface area contributed by atoms with Crippen molar-refractivity contribution < 1.29 is 15.3 Å². The molecule has 0 saturated heterocycles. The van der Waals surface area contributed by atoms with Gasteiger partial charge >= 0.3 is 5.97 Å². The van der Waals surface area contributed by atoms with Crippen LogP contribution in [0.1, 0.15) is 27.2 Å². The topological polar surface area (TPSA) is 53.9 Å². The second kappa shape index (κ2) is 5.13. The maximum absolute atomic E-state index is 11.0. The number of carbonyl (C=O) groups is 1. The van der Waals surface area contributed by atoms with Gasteiger partial charge in [0.05, 0.1) is 6.61 Å². The summed E-state index contributed by atoms with van der Waals surface area (Å²) in [5.74, 6) is 0.322. The Labute approximate surface area is 67.9 Å². The van der Waals surface area contributed by atoms with Crippen molar-refractivity contribution >= 4 is 5.97 Å². The molecule has 0 heterocycles. The third kappa shape index (κ3) is 4.79. The second-order valence-electron chi connectivity index (χ2n) is 3.08. The molecule has 3 heteroatoms. The summed E-state index contributed by atoms with van der Waals surface area (Å²) in [4.78, 5) is 11.0. The lowest BCUT2D eigenvalue weighted by Crippen LogP contribution is -2.65. The van der Waals surface area contributed by atoms with E-state index in [2.05, 4.69) is 19.6 Å². The van der Waals surface area contributed by atoms with Crippen LogP contribution >= 0.6 is 0 Å². The summed E-state index contributed by atoms with van der Waals surface area (Å²) >= 11 is 0. The van der Waals surface area contributed by atoms with Gasteiger partial charge in [-0.05, 0) is 12.8 Å². The third-order valence-corrected chi connectivity index (χ3v) is 1.38. The molecule has 0 unspecified atom stereocenters. The molecule has 3 N–H and O–H groups in total. The predicted molar refractivity (Wildman–Crippen MR) is 42.8 cm³/mol. The molecule has 3 nitrogen and oxygen atoms in total. The lowest BCUT2D eigenvalue weighted by molar-refractivity contribution is -0.411. The highest BCUT2D eigenvalue weighted by Gasteiger charge is 2.19. The van der Waals surface area contributed by atoms with Crippen molar-refractivity contribution in [2.24, 2.45) is 5.92 Å². The van der Waals surface area contributed by atoms with Gasteiger partial charge in [-0.2, -0.15) is 0 Å². The van der Waals surface area contributed by atoms with Crippen LogP contribution in [0.5, 0.6) is 0 Å². The molecule has 0 radical (unpaired) electrons. The third-order valence-electron chi connectivity index (χ3n) is 1.38. The number of rotatable bonds is 4. The summed E-state index contributed by atoms with van der Waals surface area (Å²) in [5, 5.41) is 0. The van der Waals surface area contributed by atoms with Crippen molar-refractivity contribution in [2.45, 2.75) is 33.2 Å². The SMILES string of the molecule is CCOC(=O)[C@@H]([NH3+])CC(C)C. The van der Waals surface area contributed by atoms with Crippen LogP contribution in [0, 0.1) is 5.92 Å². The zero-order valence-electron chi connectivity index (χ0n) is 7.59. The number of carbonyl (C=O) groups excluding carboxylic acids is 1. The van der Waals surface area contributed by atoms with Gasteiger partial charge in [0.1, 0.15) is 0 Å². The average molecular weight is 160 g/mol. The molecule has 0 rings (SSSR count). The molecule has 66 valence electrons. The molecule has 11 heavy (non-hydrogen) atoms. The first-order valence-corrected chi connectivity index (χ1v) is 4.07. The fourth-order valence-corrected chi connectivity index (χ4v) is 0.925. The maximum atomic E-state index is 11.0. The minimum Gasteiger partial charge on any atom is -0.462 e. The van der Waals surface area contributed by atoms with E-state index in [1.807, 2.05) is 0 Å². The van der Waals surface area contributed by atoms with E-state index in [1.165, 1.54) is 0 Å². The van der Waals surface area contributed by atoms with Gasteiger partial charge in [0.15, 0.2) is 6.04 Å². The van der Waals surface area contributed by atoms with Gasteiger partial charge in [-0.3, -0.25) is 0 Å². The zero-order valence-corrected chi connectivity index (χ0v) is 7.59. The van der Waals surface area contributed by atoms with E-state index >= 15 is 0 Å². The fourth-order valence-electron chi connectivity index (χ4n) is 0.925. The number of hydrogen-bond donors (Lipinski definition) is 1. The molecule has 0 saturated carbocycles. The maximum Gasteiger partial charge on any atom is 0.364 e. The Balaban J connectivity index is 3.64. The monoisotopic (exact) mass is 160 g/mol. The quantitative estimate of drug-likeness (QED) is 0.597. The Morgan fingerprint density at radius 2 is 2.09 bits per heavy atom. The van der Waals surface area contributed by atoms with Crippen molar-refractivity contribution in [3.05, 3.63) is 0 Å². The summed E-state index contributed by atoms with van der Waals surface area (Å²) in [5.41, 5.74) is 3.72. The Morgan fingerprint density at radius 1 is 1.55 bits per heavy atom. The number of ether oxygens (including phenoxy) is 1. The molecular formula is C8H18NO2+. The summed E-state index contributed by atoms with van der Waals surface area (Å²) in [6, 6.07) is -0.199. The first-order chi connectivity index (χ1) is 5.07. The molecule has 0 aromatic heterocycles. The van der Waals surface area contributed by atoms with E-state index in [0.717, 1.165) is 6.42 Å². The Kier molecular flexibility index (Phi) is 4.86. The van der Waals surface area contributed by atoms with Gasteiger partial charge in [0, 0.05) is 6.42 Å². The molecule has 0 fully saturated rings. The van der Waals surface area contributed by atoms with Crippen molar-refractivity contribution in [2.75, 3.05) is 6.61 Å². The normalized spacial score (nSPS) is 13.2. The molecule has 0 spiro atoms. The van der Waals surface area contributed by atoms with E-state index in [9.17, 15) is 4.79 Å². The van der Waals surface area contributed by atoms with Gasteiger partial charge in [-0.15, -0.1) is 0 Å². The average Bonchev–Trinajstić information content (AvgIpc) is 1.86. The Morgan fingerprint density at radius 3 is 2.45 bits per heavy atom. The highest BCUT2D eigenvalue weighted by atomic mass is 16.5. The minimum absolute atomic E-state index is 0.179. The highest BCUT2D eigenvalue weighted by molar-refractivity contribution is 5.73. The summed E-state index contributed by atoms with van der Waals surface area (Å²) in [6.07, 6.45) is 0.804. The van der Waals surface area contributed by atoms with Crippen LogP contribution in [0.2, 0.25) is 0 Å². The molecule has 0 amide bonds. The lowest BCUT2D eigenvalue weighted by atomic mass is 10.1. The van der Waals surface area contributed by atoms with Crippen molar-refractivity contribution in [1.29, 1.82) is 0 Å². The largest absolute Gasteiger partial charge is 0.462 e. The lowest BCUT2D eigenvalue weighted by Gasteiger charge is -2.08. The fraction of sp³-hybridized carbons (Fsp3) is 0.875. The number of hydrogen-bond acceptors (Lipinski definition) is 2. The molecule has 0 aromatic carbocycles. The van der Waals surface area contributed by atoms with Gasteiger partial charge < -0.3 is 10.5 Å². The molecule has 1 atom stereocenters. The Bertz CT molecular complexity index is 123. The van der Waals surface area contributed by atoms with E-state index in [1.54, 1.807) is 6.92 Å². The zero-order chi connectivity index (χ0) is 8.85. The number of esters is 1. The van der Waals surface area contributed by atoms with Gasteiger partial charge in [-0.25, -0.2) is 4.79 Å². The summed E-state index contributed by atoms with van der Waals surface area (Å²) < 4.78 is 4.80. The van der Waals surface area contributed by atoms with Crippen LogP contribution in [0.25, 0.3) is 0 Å². The summed E-state index contributed by atoms with van der Waals surface area (Å²) in [6.45, 7) is 6.39. The van der Waals surface area contributed by atoms with Crippen LogP contribution in [0.15, 0.2) is 0 Å². The van der Waals surface area contributed by atoms with E-state index in [-0.39, 0.29) is 12.0 Å². The summed E-state index contributed by atoms with van der Waals surface area (Å²) in [7, 11) is 0. The van der Waals surface area contributed by atoms with Crippen LogP contribution in [0.3, 0.4) is 0 Å². The highest BCUT2D eigenvalue weighted by Crippen LogP contribution is 2.02. The van der Waals surface area contributed by atoms with Crippen molar-refractivity contribution in [3.8, 4) is 0 Å². The molecular weight excluding hydrogens is 142 g/mol. The van der Waals surface area contributed by atoms with Crippen LogP contribution in [0.4, 0.5) is 0 Å². The minimum atomic E-state index is -0.199. The smallest absolute Gasteiger partial charge is 0.364 e. The molecule has 0 aliphatic carbocycles. The number of quaternary nitrogens is 1. The molecule has 0 aromatic rings. The Hall–Kier alpha value is -0.570. The second-order valence-corrected chi connectivity index (χ2v) is 3.08. The van der Waals surface area contributed by atoms with Crippen molar-refractivity contribution in [1.82, 2.24) is 0 Å². The van der Waals surface area contributed by atoms with Gasteiger partial charge in [-0.1, -0.05) is 13.8 Å². The van der Waals surface area contributed by atoms with Gasteiger partial charge in [0.25, 0.3) is 0 Å². The first-order valence-electron chi connectivity index (χ1n) is 4.07. The van der Waals surface area contributed by atoms with E-state index < -0.39 is 0 Å². The van der Waals surface area contributed by atoms with Crippen LogP contribution in [-0.4, -0.2) is 18.6 Å².